The van der Waals surface area contributed by atoms with E-state index < -0.39 is 0 Å². The van der Waals surface area contributed by atoms with E-state index in [2.05, 4.69) is 38.0 Å². The zero-order chi connectivity index (χ0) is 14.0. The van der Waals surface area contributed by atoms with E-state index in [9.17, 15) is 4.39 Å². The van der Waals surface area contributed by atoms with E-state index >= 15 is 0 Å². The monoisotopic (exact) mass is 266 g/mol. The van der Waals surface area contributed by atoms with Crippen LogP contribution in [-0.4, -0.2) is 23.7 Å². The van der Waals surface area contributed by atoms with Crippen LogP contribution >= 0.6 is 0 Å². The first-order valence-electron chi connectivity index (χ1n) is 7.03. The molecule has 0 aromatic carbocycles. The van der Waals surface area contributed by atoms with Gasteiger partial charge < -0.3 is 10.1 Å². The topological polar surface area (TPSA) is 34.2 Å². The molecule has 1 aromatic heterocycles. The van der Waals surface area contributed by atoms with E-state index in [0.29, 0.717) is 11.8 Å². The third kappa shape index (κ3) is 2.95. The number of rotatable bonds is 4. The second kappa shape index (κ2) is 5.97. The Hall–Kier alpha value is -1.00. The molecule has 2 rings (SSSR count). The van der Waals surface area contributed by atoms with Gasteiger partial charge in [0.15, 0.2) is 0 Å². The predicted octanol–water partition coefficient (Wildman–Crippen LogP) is 2.93. The second-order valence-corrected chi connectivity index (χ2v) is 5.45. The van der Waals surface area contributed by atoms with Crippen molar-refractivity contribution in [1.82, 2.24) is 10.3 Å². The first-order chi connectivity index (χ1) is 9.04. The number of pyridine rings is 1. The van der Waals surface area contributed by atoms with Crippen LogP contribution in [0.5, 0.6) is 0 Å². The molecule has 4 heteroatoms. The molecule has 19 heavy (non-hydrogen) atoms. The number of hydrogen-bond donors (Lipinski definition) is 1. The Morgan fingerprint density at radius 1 is 1.32 bits per heavy atom. The highest BCUT2D eigenvalue weighted by atomic mass is 19.1. The Morgan fingerprint density at radius 3 is 2.58 bits per heavy atom. The van der Waals surface area contributed by atoms with Crippen LogP contribution in [0.1, 0.15) is 39.3 Å². The van der Waals surface area contributed by atoms with Gasteiger partial charge in [-0.2, -0.15) is 0 Å². The van der Waals surface area contributed by atoms with E-state index in [-0.39, 0.29) is 24.1 Å². The highest BCUT2D eigenvalue weighted by Crippen LogP contribution is 2.40. The minimum absolute atomic E-state index is 0.0862. The number of ether oxygens (including phenoxy) is 1. The van der Waals surface area contributed by atoms with Crippen LogP contribution in [0.3, 0.4) is 0 Å². The van der Waals surface area contributed by atoms with Crippen molar-refractivity contribution in [2.75, 3.05) is 6.54 Å². The molecule has 0 saturated carbocycles. The van der Waals surface area contributed by atoms with Crippen molar-refractivity contribution < 1.29 is 9.13 Å². The smallest absolute Gasteiger partial charge is 0.141 e. The number of halogens is 1. The highest BCUT2D eigenvalue weighted by Gasteiger charge is 2.42. The number of nitrogens with zero attached hydrogens (tertiary/aromatic N) is 1. The fraction of sp³-hybridized carbons (Fsp3) is 0.667. The minimum atomic E-state index is -0.285. The summed E-state index contributed by atoms with van der Waals surface area (Å²) in [7, 11) is 0. The lowest BCUT2D eigenvalue weighted by atomic mass is 9.81. The second-order valence-electron chi connectivity index (χ2n) is 5.45. The van der Waals surface area contributed by atoms with E-state index in [4.69, 9.17) is 4.74 Å². The lowest BCUT2D eigenvalue weighted by Crippen LogP contribution is -2.35. The summed E-state index contributed by atoms with van der Waals surface area (Å²) < 4.78 is 19.3. The van der Waals surface area contributed by atoms with Crippen molar-refractivity contribution in [3.8, 4) is 0 Å². The summed E-state index contributed by atoms with van der Waals surface area (Å²) in [5.41, 5.74) is 0.906. The zero-order valence-electron chi connectivity index (χ0n) is 12.1. The SMILES string of the molecule is CCNC(c1cncc(F)c1)C1C(C)OC(C)C1C. The molecule has 106 valence electrons. The van der Waals surface area contributed by atoms with Crippen LogP contribution in [0.15, 0.2) is 18.5 Å². The van der Waals surface area contributed by atoms with Crippen LogP contribution in [0.4, 0.5) is 4.39 Å². The number of nitrogens with one attached hydrogen (secondary N) is 1. The average Bonchev–Trinajstić information content (AvgIpc) is 2.61. The Labute approximate surface area is 114 Å². The van der Waals surface area contributed by atoms with Gasteiger partial charge in [0.05, 0.1) is 18.4 Å². The summed E-state index contributed by atoms with van der Waals surface area (Å²) >= 11 is 0. The maximum Gasteiger partial charge on any atom is 0.141 e. The molecule has 1 saturated heterocycles. The van der Waals surface area contributed by atoms with Crippen molar-refractivity contribution in [3.05, 3.63) is 29.8 Å². The summed E-state index contributed by atoms with van der Waals surface area (Å²) in [4.78, 5) is 3.97. The largest absolute Gasteiger partial charge is 0.375 e. The molecule has 1 aliphatic heterocycles. The normalized spacial score (nSPS) is 32.5. The molecule has 1 fully saturated rings. The van der Waals surface area contributed by atoms with Crippen LogP contribution in [0.25, 0.3) is 0 Å². The third-order valence-corrected chi connectivity index (χ3v) is 4.21. The molecule has 5 unspecified atom stereocenters. The lowest BCUT2D eigenvalue weighted by molar-refractivity contribution is 0.0475. The quantitative estimate of drug-likeness (QED) is 0.910. The summed E-state index contributed by atoms with van der Waals surface area (Å²) in [5.74, 6) is 0.480. The lowest BCUT2D eigenvalue weighted by Gasteiger charge is -2.29. The summed E-state index contributed by atoms with van der Waals surface area (Å²) in [6.07, 6.45) is 3.39. The average molecular weight is 266 g/mol. The standard InChI is InChI=1S/C15H23FN2O/c1-5-18-15(12-6-13(16)8-17-7-12)14-9(2)10(3)19-11(14)4/h6-11,14-15,18H,5H2,1-4H3. The van der Waals surface area contributed by atoms with Crippen LogP contribution < -0.4 is 5.32 Å². The molecule has 0 spiro atoms. The summed E-state index contributed by atoms with van der Waals surface area (Å²) in [6.45, 7) is 9.31. The predicted molar refractivity (Wildman–Crippen MR) is 73.3 cm³/mol. The summed E-state index contributed by atoms with van der Waals surface area (Å²) in [6, 6.07) is 1.66. The Kier molecular flexibility index (Phi) is 4.53. The van der Waals surface area contributed by atoms with E-state index in [1.54, 1.807) is 12.3 Å². The zero-order valence-corrected chi connectivity index (χ0v) is 12.1. The van der Waals surface area contributed by atoms with Crippen LogP contribution in [-0.2, 0) is 4.74 Å². The van der Waals surface area contributed by atoms with Crippen molar-refractivity contribution in [2.24, 2.45) is 11.8 Å². The molecule has 0 radical (unpaired) electrons. The fourth-order valence-corrected chi connectivity index (χ4v) is 3.16. The highest BCUT2D eigenvalue weighted by molar-refractivity contribution is 5.18. The van der Waals surface area contributed by atoms with Crippen molar-refractivity contribution in [1.29, 1.82) is 0 Å². The molecule has 0 aliphatic carbocycles. The van der Waals surface area contributed by atoms with Gasteiger partial charge >= 0.3 is 0 Å². The summed E-state index contributed by atoms with van der Waals surface area (Å²) in [5, 5.41) is 3.46. The van der Waals surface area contributed by atoms with Gasteiger partial charge in [0, 0.05) is 18.2 Å². The molecular formula is C15H23FN2O. The van der Waals surface area contributed by atoms with E-state index in [0.717, 1.165) is 12.1 Å². The van der Waals surface area contributed by atoms with E-state index in [1.807, 2.05) is 0 Å². The first kappa shape index (κ1) is 14.4. The van der Waals surface area contributed by atoms with Gasteiger partial charge in [-0.25, -0.2) is 4.39 Å². The van der Waals surface area contributed by atoms with Gasteiger partial charge in [-0.15, -0.1) is 0 Å². The van der Waals surface area contributed by atoms with Crippen LogP contribution in [0, 0.1) is 17.7 Å². The Bertz CT molecular complexity index is 426. The Morgan fingerprint density at radius 2 is 2.05 bits per heavy atom. The molecule has 1 N–H and O–H groups in total. The number of aromatic nitrogens is 1. The van der Waals surface area contributed by atoms with Crippen molar-refractivity contribution in [2.45, 2.75) is 45.9 Å². The van der Waals surface area contributed by atoms with Crippen LogP contribution in [0.2, 0.25) is 0 Å². The maximum absolute atomic E-state index is 13.4. The molecule has 5 atom stereocenters. The molecule has 2 heterocycles. The van der Waals surface area contributed by atoms with Gasteiger partial charge in [0.2, 0.25) is 0 Å². The van der Waals surface area contributed by atoms with Gasteiger partial charge in [0.25, 0.3) is 0 Å². The van der Waals surface area contributed by atoms with Gasteiger partial charge in [-0.05, 0) is 37.9 Å². The third-order valence-electron chi connectivity index (χ3n) is 4.21. The molecular weight excluding hydrogens is 243 g/mol. The molecule has 1 aromatic rings. The van der Waals surface area contributed by atoms with Crippen molar-refractivity contribution >= 4 is 0 Å². The van der Waals surface area contributed by atoms with Gasteiger partial charge in [-0.1, -0.05) is 13.8 Å². The molecule has 3 nitrogen and oxygen atoms in total. The molecule has 0 amide bonds. The van der Waals surface area contributed by atoms with Gasteiger partial charge in [-0.3, -0.25) is 4.98 Å². The first-order valence-corrected chi connectivity index (χ1v) is 7.03. The molecule has 0 bridgehead atoms. The number of hydrogen-bond acceptors (Lipinski definition) is 3. The fourth-order valence-electron chi connectivity index (χ4n) is 3.16. The molecule has 1 aliphatic rings. The van der Waals surface area contributed by atoms with E-state index in [1.165, 1.54) is 6.20 Å². The Balaban J connectivity index is 2.30. The minimum Gasteiger partial charge on any atom is -0.375 e. The van der Waals surface area contributed by atoms with Crippen molar-refractivity contribution in [3.63, 3.8) is 0 Å². The van der Waals surface area contributed by atoms with Gasteiger partial charge in [0.1, 0.15) is 5.82 Å². The maximum atomic E-state index is 13.4.